The lowest BCUT2D eigenvalue weighted by Gasteiger charge is -2.25. The molecule has 1 saturated heterocycles. The van der Waals surface area contributed by atoms with E-state index in [0.29, 0.717) is 13.0 Å². The highest BCUT2D eigenvalue weighted by Crippen LogP contribution is 2.23. The van der Waals surface area contributed by atoms with Crippen molar-refractivity contribution in [2.45, 2.75) is 25.7 Å². The molecule has 134 valence electrons. The predicted molar refractivity (Wildman–Crippen MR) is 101 cm³/mol. The Balaban J connectivity index is 1.51. The van der Waals surface area contributed by atoms with E-state index >= 15 is 0 Å². The number of likely N-dealkylation sites (tertiary alicyclic amines) is 1. The maximum atomic E-state index is 12.4. The predicted octanol–water partition coefficient (Wildman–Crippen LogP) is 2.63. The molecular weight excluding hydrogens is 326 g/mol. The number of fused-ring (bicyclic) bond motifs is 1. The molecule has 3 aromatic rings. The molecule has 1 aliphatic heterocycles. The normalized spacial score (nSPS) is 15.4. The van der Waals surface area contributed by atoms with Gasteiger partial charge in [0.1, 0.15) is 5.69 Å². The Labute approximate surface area is 152 Å². The molecule has 0 N–H and O–H groups in total. The van der Waals surface area contributed by atoms with E-state index in [9.17, 15) is 4.79 Å². The molecule has 0 radical (unpaired) electrons. The number of piperidine rings is 1. The van der Waals surface area contributed by atoms with Crippen LogP contribution in [0.15, 0.2) is 36.7 Å². The van der Waals surface area contributed by atoms with Crippen LogP contribution in [0.4, 0.5) is 0 Å². The molecule has 1 aromatic carbocycles. The molecule has 4 rings (SSSR count). The van der Waals surface area contributed by atoms with E-state index in [1.54, 1.807) is 4.68 Å². The zero-order valence-corrected chi connectivity index (χ0v) is 15.1. The second-order valence-electron chi connectivity index (χ2n) is 7.07. The zero-order chi connectivity index (χ0) is 17.9. The van der Waals surface area contributed by atoms with Crippen molar-refractivity contribution in [1.82, 2.24) is 24.9 Å². The van der Waals surface area contributed by atoms with Gasteiger partial charge in [0.25, 0.3) is 0 Å². The van der Waals surface area contributed by atoms with E-state index in [4.69, 9.17) is 0 Å². The number of hydrogen-bond acceptors (Lipinski definition) is 5. The number of Topliss-reactive ketones (excluding diaryl/α,β-unsaturated/α-hetero) is 1. The number of rotatable bonds is 5. The third-order valence-corrected chi connectivity index (χ3v) is 4.90. The van der Waals surface area contributed by atoms with Gasteiger partial charge in [-0.25, -0.2) is 0 Å². The van der Waals surface area contributed by atoms with E-state index in [0.717, 1.165) is 40.8 Å². The number of hydrogen-bond donors (Lipinski definition) is 0. The first-order chi connectivity index (χ1) is 12.7. The van der Waals surface area contributed by atoms with Crippen molar-refractivity contribution in [3.05, 3.63) is 42.4 Å². The topological polar surface area (TPSA) is 63.9 Å². The number of aryl methyl sites for hydroxylation is 1. The molecule has 0 saturated carbocycles. The number of nitrogens with zero attached hydrogens (tertiary/aromatic N) is 5. The fourth-order valence-electron chi connectivity index (χ4n) is 3.55. The summed E-state index contributed by atoms with van der Waals surface area (Å²) < 4.78 is 1.69. The van der Waals surface area contributed by atoms with Gasteiger partial charge in [0.15, 0.2) is 5.78 Å². The monoisotopic (exact) mass is 349 g/mol. The number of carbonyl (C=O) groups excluding carboxylic acids is 1. The molecule has 26 heavy (non-hydrogen) atoms. The summed E-state index contributed by atoms with van der Waals surface area (Å²) in [5.74, 6) is 0.240. The molecule has 0 aliphatic carbocycles. The van der Waals surface area contributed by atoms with E-state index in [-0.39, 0.29) is 5.78 Å². The Kier molecular flexibility index (Phi) is 4.75. The summed E-state index contributed by atoms with van der Waals surface area (Å²) in [6.45, 7) is 2.62. The molecule has 0 bridgehead atoms. The number of benzene rings is 1. The average Bonchev–Trinajstić information content (AvgIpc) is 3.08. The Bertz CT molecular complexity index is 927. The maximum Gasteiger partial charge on any atom is 0.152 e. The van der Waals surface area contributed by atoms with Gasteiger partial charge in [0.2, 0.25) is 0 Å². The lowest BCUT2D eigenvalue weighted by molar-refractivity contribution is -0.119. The van der Waals surface area contributed by atoms with Gasteiger partial charge in [-0.05, 0) is 43.5 Å². The van der Waals surface area contributed by atoms with Crippen LogP contribution in [-0.2, 0) is 18.3 Å². The van der Waals surface area contributed by atoms with Crippen molar-refractivity contribution in [3.8, 4) is 11.3 Å². The summed E-state index contributed by atoms with van der Waals surface area (Å²) in [6.07, 6.45) is 7.82. The van der Waals surface area contributed by atoms with Gasteiger partial charge in [-0.3, -0.25) is 19.4 Å². The second-order valence-corrected chi connectivity index (χ2v) is 7.07. The summed E-state index contributed by atoms with van der Waals surface area (Å²) in [5.41, 5.74) is 2.69. The third kappa shape index (κ3) is 3.80. The first-order valence-corrected chi connectivity index (χ1v) is 9.17. The van der Waals surface area contributed by atoms with Crippen molar-refractivity contribution < 1.29 is 4.79 Å². The first kappa shape index (κ1) is 16.8. The average molecular weight is 349 g/mol. The standard InChI is InChI=1S/C20H23N5O/c1-24-14-20(22-23-24)15-5-6-16-12-21-18(10-17(16)9-15)11-19(26)13-25-7-3-2-4-8-25/h5-6,9-10,12,14H,2-4,7-8,11,13H2,1H3. The zero-order valence-electron chi connectivity index (χ0n) is 15.1. The van der Waals surface area contributed by atoms with Crippen LogP contribution in [0.5, 0.6) is 0 Å². The second kappa shape index (κ2) is 7.33. The molecule has 6 heteroatoms. The van der Waals surface area contributed by atoms with Gasteiger partial charge in [-0.1, -0.05) is 23.8 Å². The maximum absolute atomic E-state index is 12.4. The first-order valence-electron chi connectivity index (χ1n) is 9.17. The summed E-state index contributed by atoms with van der Waals surface area (Å²) in [7, 11) is 1.85. The number of ketones is 1. The quantitative estimate of drug-likeness (QED) is 0.708. The van der Waals surface area contributed by atoms with Crippen molar-refractivity contribution in [1.29, 1.82) is 0 Å². The number of aromatic nitrogens is 4. The SMILES string of the molecule is Cn1cc(-c2ccc3cnc(CC(=O)CN4CCCCC4)cc3c2)nn1. The van der Waals surface area contributed by atoms with Crippen molar-refractivity contribution >= 4 is 16.6 Å². The molecule has 3 heterocycles. The molecule has 1 aliphatic rings. The van der Waals surface area contributed by atoms with Crippen molar-refractivity contribution in [2.24, 2.45) is 7.05 Å². The highest BCUT2D eigenvalue weighted by molar-refractivity contribution is 5.88. The van der Waals surface area contributed by atoms with Crippen LogP contribution in [0.25, 0.3) is 22.0 Å². The summed E-state index contributed by atoms with van der Waals surface area (Å²) in [4.78, 5) is 19.1. The van der Waals surface area contributed by atoms with Crippen LogP contribution < -0.4 is 0 Å². The van der Waals surface area contributed by atoms with Crippen LogP contribution >= 0.6 is 0 Å². The molecule has 2 aromatic heterocycles. The Morgan fingerprint density at radius 3 is 2.73 bits per heavy atom. The number of pyridine rings is 1. The largest absolute Gasteiger partial charge is 0.298 e. The molecule has 0 unspecified atom stereocenters. The summed E-state index contributed by atoms with van der Waals surface area (Å²) >= 11 is 0. The van der Waals surface area contributed by atoms with Gasteiger partial charge in [0, 0.05) is 29.9 Å². The van der Waals surface area contributed by atoms with Crippen LogP contribution in [0.2, 0.25) is 0 Å². The van der Waals surface area contributed by atoms with Gasteiger partial charge < -0.3 is 0 Å². The minimum atomic E-state index is 0.240. The highest BCUT2D eigenvalue weighted by atomic mass is 16.1. The van der Waals surface area contributed by atoms with E-state index in [1.165, 1.54) is 19.3 Å². The fraction of sp³-hybridized carbons (Fsp3) is 0.400. The van der Waals surface area contributed by atoms with Crippen LogP contribution in [0, 0.1) is 0 Å². The van der Waals surface area contributed by atoms with Crippen LogP contribution in [-0.4, -0.2) is 50.3 Å². The summed E-state index contributed by atoms with van der Waals surface area (Å²) in [6, 6.07) is 8.16. The fourth-order valence-corrected chi connectivity index (χ4v) is 3.55. The smallest absolute Gasteiger partial charge is 0.152 e. The molecule has 6 nitrogen and oxygen atoms in total. The molecule has 0 amide bonds. The van der Waals surface area contributed by atoms with Gasteiger partial charge in [-0.15, -0.1) is 5.10 Å². The molecule has 0 atom stereocenters. The minimum Gasteiger partial charge on any atom is -0.298 e. The van der Waals surface area contributed by atoms with Crippen LogP contribution in [0.1, 0.15) is 25.0 Å². The van der Waals surface area contributed by atoms with E-state index in [2.05, 4.69) is 26.3 Å². The Morgan fingerprint density at radius 1 is 1.12 bits per heavy atom. The van der Waals surface area contributed by atoms with Gasteiger partial charge in [-0.2, -0.15) is 0 Å². The highest BCUT2D eigenvalue weighted by Gasteiger charge is 2.15. The van der Waals surface area contributed by atoms with E-state index in [1.807, 2.05) is 37.6 Å². The van der Waals surface area contributed by atoms with E-state index < -0.39 is 0 Å². The molecule has 1 fully saturated rings. The molecular formula is C20H23N5O. The number of carbonyl (C=O) groups is 1. The lowest BCUT2D eigenvalue weighted by Crippen LogP contribution is -2.35. The molecule has 0 spiro atoms. The summed E-state index contributed by atoms with van der Waals surface area (Å²) in [5, 5.41) is 10.3. The lowest BCUT2D eigenvalue weighted by atomic mass is 10.0. The minimum absolute atomic E-state index is 0.240. The van der Waals surface area contributed by atoms with Crippen LogP contribution in [0.3, 0.4) is 0 Å². The van der Waals surface area contributed by atoms with Gasteiger partial charge >= 0.3 is 0 Å². The Morgan fingerprint density at radius 2 is 1.96 bits per heavy atom. The van der Waals surface area contributed by atoms with Gasteiger partial charge in [0.05, 0.1) is 19.2 Å². The Hall–Kier alpha value is -2.60. The van der Waals surface area contributed by atoms with Crippen molar-refractivity contribution in [3.63, 3.8) is 0 Å². The third-order valence-electron chi connectivity index (χ3n) is 4.90. The van der Waals surface area contributed by atoms with Crippen molar-refractivity contribution in [2.75, 3.05) is 19.6 Å².